The van der Waals surface area contributed by atoms with Crippen molar-refractivity contribution in [1.82, 2.24) is 14.3 Å². The maximum atomic E-state index is 12.6. The van der Waals surface area contributed by atoms with Crippen LogP contribution in [0.1, 0.15) is 37.1 Å². The van der Waals surface area contributed by atoms with E-state index in [-0.39, 0.29) is 12.5 Å². The highest BCUT2D eigenvalue weighted by Gasteiger charge is 2.26. The molecule has 2 aromatic rings. The highest BCUT2D eigenvalue weighted by atomic mass is 32.1. The molecule has 0 spiro atoms. The van der Waals surface area contributed by atoms with E-state index in [0.29, 0.717) is 19.0 Å². The third-order valence-corrected chi connectivity index (χ3v) is 5.05. The Morgan fingerprint density at radius 2 is 2.29 bits per heavy atom. The molecule has 6 heteroatoms. The fourth-order valence-corrected chi connectivity index (χ4v) is 4.08. The first kappa shape index (κ1) is 14.5. The predicted octanol–water partition coefficient (Wildman–Crippen LogP) is 2.01. The number of amides is 1. The Kier molecular flexibility index (Phi) is 4.26. The summed E-state index contributed by atoms with van der Waals surface area (Å²) in [6.07, 6.45) is 6.85. The van der Waals surface area contributed by atoms with Crippen molar-refractivity contribution in [2.24, 2.45) is 0 Å². The molecular weight excluding hydrogens is 286 g/mol. The summed E-state index contributed by atoms with van der Waals surface area (Å²) in [5.74, 6) is 0.113. The van der Waals surface area contributed by atoms with Crippen LogP contribution in [0.4, 0.5) is 0 Å². The van der Waals surface area contributed by atoms with Crippen LogP contribution < -0.4 is 0 Å². The Morgan fingerprint density at radius 3 is 3.00 bits per heavy atom. The molecule has 114 valence electrons. The standard InChI is InChI=1S/C15H21N3O2S/c1-11-9-18-13(10-21-15(18)16-11)8-14(20)17(6-7-19)12-4-2-3-5-12/h9-10,12,19H,2-8H2,1H3. The van der Waals surface area contributed by atoms with Gasteiger partial charge in [0.25, 0.3) is 0 Å². The Morgan fingerprint density at radius 1 is 1.52 bits per heavy atom. The summed E-state index contributed by atoms with van der Waals surface area (Å²) >= 11 is 1.57. The molecule has 1 aliphatic rings. The van der Waals surface area contributed by atoms with Crippen LogP contribution in [0, 0.1) is 6.92 Å². The summed E-state index contributed by atoms with van der Waals surface area (Å²) in [6.45, 7) is 2.44. The Bertz CT molecular complexity index is 628. The number of aliphatic hydroxyl groups is 1. The van der Waals surface area contributed by atoms with Crippen LogP contribution in [0.2, 0.25) is 0 Å². The first-order valence-electron chi connectivity index (χ1n) is 7.51. The SMILES string of the molecule is Cc1cn2c(CC(=O)N(CCO)C3CCCC3)csc2n1. The van der Waals surface area contributed by atoms with Crippen molar-refractivity contribution >= 4 is 22.2 Å². The summed E-state index contributed by atoms with van der Waals surface area (Å²) in [7, 11) is 0. The largest absolute Gasteiger partial charge is 0.395 e. The van der Waals surface area contributed by atoms with E-state index in [1.807, 2.05) is 27.8 Å². The molecule has 0 atom stereocenters. The Labute approximate surface area is 128 Å². The van der Waals surface area contributed by atoms with Crippen molar-refractivity contribution in [1.29, 1.82) is 0 Å². The van der Waals surface area contributed by atoms with Crippen LogP contribution in [-0.4, -0.2) is 44.5 Å². The number of aliphatic hydroxyl groups excluding tert-OH is 1. The number of imidazole rings is 1. The average molecular weight is 307 g/mol. The molecule has 1 fully saturated rings. The van der Waals surface area contributed by atoms with Crippen LogP contribution in [0.5, 0.6) is 0 Å². The van der Waals surface area contributed by atoms with Crippen molar-refractivity contribution in [2.45, 2.75) is 45.1 Å². The molecule has 0 aliphatic heterocycles. The molecular formula is C15H21N3O2S. The molecule has 1 N–H and O–H groups in total. The predicted molar refractivity (Wildman–Crippen MR) is 82.6 cm³/mol. The second-order valence-electron chi connectivity index (χ2n) is 5.69. The third kappa shape index (κ3) is 2.96. The molecule has 3 rings (SSSR count). The van der Waals surface area contributed by atoms with Gasteiger partial charge in [-0.2, -0.15) is 0 Å². The maximum Gasteiger partial charge on any atom is 0.228 e. The lowest BCUT2D eigenvalue weighted by molar-refractivity contribution is -0.133. The van der Waals surface area contributed by atoms with Crippen LogP contribution in [-0.2, 0) is 11.2 Å². The zero-order valence-electron chi connectivity index (χ0n) is 12.3. The highest BCUT2D eigenvalue weighted by molar-refractivity contribution is 7.15. The van der Waals surface area contributed by atoms with Crippen LogP contribution >= 0.6 is 11.3 Å². The van der Waals surface area contributed by atoms with E-state index in [9.17, 15) is 9.90 Å². The quantitative estimate of drug-likeness (QED) is 0.919. The highest BCUT2D eigenvalue weighted by Crippen LogP contribution is 2.24. The monoisotopic (exact) mass is 307 g/mol. The van der Waals surface area contributed by atoms with Gasteiger partial charge >= 0.3 is 0 Å². The molecule has 1 amide bonds. The van der Waals surface area contributed by atoms with Gasteiger partial charge in [-0.15, -0.1) is 11.3 Å². The Hall–Kier alpha value is -1.40. The number of hydrogen-bond donors (Lipinski definition) is 1. The second-order valence-corrected chi connectivity index (χ2v) is 6.52. The molecule has 0 radical (unpaired) electrons. The van der Waals surface area contributed by atoms with Crippen molar-refractivity contribution in [3.8, 4) is 0 Å². The van der Waals surface area contributed by atoms with E-state index in [2.05, 4.69) is 4.98 Å². The topological polar surface area (TPSA) is 57.8 Å². The summed E-state index contributed by atoms with van der Waals surface area (Å²) in [4.78, 5) is 19.9. The van der Waals surface area contributed by atoms with E-state index >= 15 is 0 Å². The van der Waals surface area contributed by atoms with Gasteiger partial charge < -0.3 is 10.0 Å². The third-order valence-electron chi connectivity index (χ3n) is 4.16. The van der Waals surface area contributed by atoms with Crippen LogP contribution in [0.15, 0.2) is 11.6 Å². The lowest BCUT2D eigenvalue weighted by Gasteiger charge is -2.28. The van der Waals surface area contributed by atoms with Crippen molar-refractivity contribution in [3.63, 3.8) is 0 Å². The zero-order valence-corrected chi connectivity index (χ0v) is 13.1. The minimum atomic E-state index is 0.0332. The number of carbonyl (C=O) groups excluding carboxylic acids is 1. The van der Waals surface area contributed by atoms with Gasteiger partial charge in [-0.05, 0) is 19.8 Å². The van der Waals surface area contributed by atoms with Crippen molar-refractivity contribution < 1.29 is 9.90 Å². The fourth-order valence-electron chi connectivity index (χ4n) is 3.16. The number of carbonyl (C=O) groups is 1. The van der Waals surface area contributed by atoms with Gasteiger partial charge in [-0.25, -0.2) is 4.98 Å². The van der Waals surface area contributed by atoms with E-state index in [1.54, 1.807) is 11.3 Å². The number of rotatable bonds is 5. The summed E-state index contributed by atoms with van der Waals surface area (Å²) in [5, 5.41) is 11.2. The normalized spacial score (nSPS) is 15.9. The molecule has 2 heterocycles. The lowest BCUT2D eigenvalue weighted by Crippen LogP contribution is -2.41. The molecule has 1 aliphatic carbocycles. The minimum Gasteiger partial charge on any atom is -0.395 e. The van der Waals surface area contributed by atoms with E-state index in [0.717, 1.165) is 29.2 Å². The van der Waals surface area contributed by atoms with Gasteiger partial charge in [0.1, 0.15) is 0 Å². The van der Waals surface area contributed by atoms with Gasteiger partial charge in [0.05, 0.1) is 18.7 Å². The first-order valence-corrected chi connectivity index (χ1v) is 8.39. The smallest absolute Gasteiger partial charge is 0.228 e. The molecule has 2 aromatic heterocycles. The van der Waals surface area contributed by atoms with Crippen molar-refractivity contribution in [2.75, 3.05) is 13.2 Å². The Balaban J connectivity index is 1.76. The minimum absolute atomic E-state index is 0.0332. The van der Waals surface area contributed by atoms with Crippen molar-refractivity contribution in [3.05, 3.63) is 23.0 Å². The molecule has 0 unspecified atom stereocenters. The summed E-state index contributed by atoms with van der Waals surface area (Å²) in [6, 6.07) is 0.309. The number of hydrogen-bond acceptors (Lipinski definition) is 4. The van der Waals surface area contributed by atoms with Crippen LogP contribution in [0.3, 0.4) is 0 Å². The number of aromatic nitrogens is 2. The molecule has 0 aromatic carbocycles. The molecule has 1 saturated carbocycles. The number of fused-ring (bicyclic) bond motifs is 1. The van der Waals surface area contributed by atoms with E-state index in [1.165, 1.54) is 12.8 Å². The maximum absolute atomic E-state index is 12.6. The summed E-state index contributed by atoms with van der Waals surface area (Å²) < 4.78 is 2.00. The number of thiazole rings is 1. The lowest BCUT2D eigenvalue weighted by atomic mass is 10.2. The molecule has 5 nitrogen and oxygen atoms in total. The fraction of sp³-hybridized carbons (Fsp3) is 0.600. The van der Waals surface area contributed by atoms with Gasteiger partial charge in [-0.1, -0.05) is 12.8 Å². The average Bonchev–Trinajstić information content (AvgIpc) is 3.15. The molecule has 21 heavy (non-hydrogen) atoms. The van der Waals surface area contributed by atoms with E-state index in [4.69, 9.17) is 0 Å². The molecule has 0 saturated heterocycles. The van der Waals surface area contributed by atoms with Gasteiger partial charge in [0.2, 0.25) is 5.91 Å². The van der Waals surface area contributed by atoms with Crippen LogP contribution in [0.25, 0.3) is 4.96 Å². The van der Waals surface area contributed by atoms with E-state index < -0.39 is 0 Å². The molecule has 0 bridgehead atoms. The van der Waals surface area contributed by atoms with Gasteiger partial charge in [-0.3, -0.25) is 9.20 Å². The van der Waals surface area contributed by atoms with Gasteiger partial charge in [0, 0.05) is 29.9 Å². The zero-order chi connectivity index (χ0) is 14.8. The second kappa shape index (κ2) is 6.15. The first-order chi connectivity index (χ1) is 10.2. The summed E-state index contributed by atoms with van der Waals surface area (Å²) in [5.41, 5.74) is 1.96. The number of aryl methyl sites for hydroxylation is 1. The van der Waals surface area contributed by atoms with Gasteiger partial charge in [0.15, 0.2) is 4.96 Å². The number of nitrogens with zero attached hydrogens (tertiary/aromatic N) is 3.